The largest absolute Gasteiger partial charge is 0.493 e. The van der Waals surface area contributed by atoms with E-state index in [1.807, 2.05) is 91.0 Å². The Labute approximate surface area is 465 Å². The van der Waals surface area contributed by atoms with E-state index in [4.69, 9.17) is 23.1 Å². The van der Waals surface area contributed by atoms with Gasteiger partial charge < -0.3 is 58.7 Å². The molecule has 4 aromatic carbocycles. The fourth-order valence-corrected chi connectivity index (χ4v) is 11.7. The Hall–Kier alpha value is -7.13. The molecule has 0 aliphatic carbocycles. The van der Waals surface area contributed by atoms with Crippen molar-refractivity contribution in [2.75, 3.05) is 91.4 Å². The highest BCUT2D eigenvalue weighted by Gasteiger charge is 2.38. The van der Waals surface area contributed by atoms with E-state index < -0.39 is 10.1 Å². The molecule has 0 radical (unpaired) electrons. The predicted molar refractivity (Wildman–Crippen MR) is 306 cm³/mol. The SMILES string of the molecule is CNC1CCN(c2cccc3c2CN([C@H](CCCOS(C)(=O)=O)c2ccc(OC)c(OC)c2)C3=O)CC1.CNC1CCN(c2cccc3c2CN([C@H](CCCn2ccnc2)c2ccc(OC)c(OC)c2)C3=O)CC1.c1c[nH]cn1. The fraction of sp³-hybridized carbons (Fsp3) is 0.458. The Kier molecular flexibility index (Phi) is 20.3. The van der Waals surface area contributed by atoms with Gasteiger partial charge in [0.25, 0.3) is 21.9 Å². The molecule has 4 aliphatic rings. The number of benzene rings is 4. The van der Waals surface area contributed by atoms with Crippen LogP contribution < -0.4 is 39.4 Å². The molecule has 79 heavy (non-hydrogen) atoms. The molecule has 0 bridgehead atoms. The van der Waals surface area contributed by atoms with Gasteiger partial charge in [-0.05, 0) is 125 Å². The highest BCUT2D eigenvalue weighted by atomic mass is 32.2. The highest BCUT2D eigenvalue weighted by Crippen LogP contribution is 2.43. The minimum atomic E-state index is -3.53. The number of amides is 2. The van der Waals surface area contributed by atoms with Gasteiger partial charge in [0.05, 0.1) is 66.0 Å². The van der Waals surface area contributed by atoms with Crippen LogP contribution in [0.5, 0.6) is 23.0 Å². The summed E-state index contributed by atoms with van der Waals surface area (Å²) in [5.41, 5.74) is 8.03. The molecule has 6 heterocycles. The lowest BCUT2D eigenvalue weighted by atomic mass is 9.99. The minimum Gasteiger partial charge on any atom is -0.493 e. The van der Waals surface area contributed by atoms with E-state index in [0.717, 1.165) is 117 Å². The molecule has 2 fully saturated rings. The number of hydrogen-bond acceptors (Lipinski definition) is 15. The van der Waals surface area contributed by atoms with Gasteiger partial charge in [-0.3, -0.25) is 13.8 Å². The fourth-order valence-electron chi connectivity index (χ4n) is 11.3. The van der Waals surface area contributed by atoms with Crippen LogP contribution >= 0.6 is 0 Å². The molecular formula is C59H78N10O9S. The van der Waals surface area contributed by atoms with Gasteiger partial charge in [-0.15, -0.1) is 0 Å². The third-order valence-electron chi connectivity index (χ3n) is 15.5. The molecule has 0 saturated carbocycles. The van der Waals surface area contributed by atoms with Crippen LogP contribution in [0.1, 0.15) is 106 Å². The number of rotatable bonds is 21. The van der Waals surface area contributed by atoms with Crippen molar-refractivity contribution in [3.05, 3.63) is 144 Å². The van der Waals surface area contributed by atoms with Gasteiger partial charge in [0, 0.05) is 116 Å². The number of nitrogens with one attached hydrogen (secondary N) is 3. The zero-order chi connectivity index (χ0) is 55.9. The van der Waals surface area contributed by atoms with Gasteiger partial charge >= 0.3 is 0 Å². The summed E-state index contributed by atoms with van der Waals surface area (Å²) in [5, 5.41) is 6.78. The average molecular weight is 1100 g/mol. The lowest BCUT2D eigenvalue weighted by Gasteiger charge is -2.34. The van der Waals surface area contributed by atoms with Crippen molar-refractivity contribution in [2.24, 2.45) is 0 Å². The Morgan fingerprint density at radius 1 is 0.646 bits per heavy atom. The summed E-state index contributed by atoms with van der Waals surface area (Å²) in [7, 11) is 6.97. The van der Waals surface area contributed by atoms with Gasteiger partial charge in [-0.25, -0.2) is 9.97 Å². The number of imidazole rings is 2. The molecule has 10 rings (SSSR count). The van der Waals surface area contributed by atoms with Crippen molar-refractivity contribution in [2.45, 2.75) is 95.2 Å². The van der Waals surface area contributed by atoms with Crippen molar-refractivity contribution >= 4 is 33.3 Å². The van der Waals surface area contributed by atoms with Crippen LogP contribution in [-0.2, 0) is 33.9 Å². The second-order valence-electron chi connectivity index (χ2n) is 20.2. The first-order chi connectivity index (χ1) is 38.4. The molecule has 0 unspecified atom stereocenters. The molecular weight excluding hydrogens is 1020 g/mol. The Morgan fingerprint density at radius 3 is 1.53 bits per heavy atom. The number of carbonyl (C=O) groups is 2. The van der Waals surface area contributed by atoms with Gasteiger partial charge in [-0.2, -0.15) is 8.42 Å². The minimum absolute atomic E-state index is 0.0224. The van der Waals surface area contributed by atoms with E-state index in [0.29, 0.717) is 61.0 Å². The van der Waals surface area contributed by atoms with Crippen LogP contribution in [0.3, 0.4) is 0 Å². The van der Waals surface area contributed by atoms with E-state index in [2.05, 4.69) is 58.2 Å². The molecule has 2 atom stereocenters. The molecule has 2 amide bonds. The second-order valence-corrected chi connectivity index (χ2v) is 21.8. The molecule has 20 heteroatoms. The summed E-state index contributed by atoms with van der Waals surface area (Å²) in [5.74, 6) is 2.63. The second kappa shape index (κ2) is 27.6. The van der Waals surface area contributed by atoms with E-state index in [1.54, 1.807) is 53.4 Å². The van der Waals surface area contributed by atoms with Crippen molar-refractivity contribution in [1.82, 2.24) is 40.0 Å². The molecule has 6 aromatic rings. The van der Waals surface area contributed by atoms with Crippen molar-refractivity contribution in [3.8, 4) is 23.0 Å². The number of hydrogen-bond donors (Lipinski definition) is 3. The van der Waals surface area contributed by atoms with E-state index >= 15 is 0 Å². The summed E-state index contributed by atoms with van der Waals surface area (Å²) in [4.78, 5) is 46.9. The number of anilines is 2. The first kappa shape index (κ1) is 58.0. The summed E-state index contributed by atoms with van der Waals surface area (Å²) in [6, 6.07) is 24.6. The normalized spacial score (nSPS) is 16.3. The van der Waals surface area contributed by atoms with Gasteiger partial charge in [0.15, 0.2) is 23.0 Å². The van der Waals surface area contributed by atoms with Crippen molar-refractivity contribution in [1.29, 1.82) is 0 Å². The number of aromatic amines is 1. The molecule has 2 saturated heterocycles. The molecule has 2 aromatic heterocycles. The van der Waals surface area contributed by atoms with E-state index in [-0.39, 0.29) is 30.5 Å². The summed E-state index contributed by atoms with van der Waals surface area (Å²) < 4.78 is 52.0. The number of H-pyrrole nitrogens is 1. The maximum atomic E-state index is 13.8. The number of nitrogens with zero attached hydrogens (tertiary/aromatic N) is 7. The topological polar surface area (TPSA) is 198 Å². The number of ether oxygens (including phenoxy) is 4. The lowest BCUT2D eigenvalue weighted by molar-refractivity contribution is 0.0679. The summed E-state index contributed by atoms with van der Waals surface area (Å²) in [6.45, 7) is 5.90. The monoisotopic (exact) mass is 1100 g/mol. The molecule has 4 aliphatic heterocycles. The van der Waals surface area contributed by atoms with Crippen LogP contribution in [0.15, 0.2) is 110 Å². The summed E-state index contributed by atoms with van der Waals surface area (Å²) >= 11 is 0. The zero-order valence-electron chi connectivity index (χ0n) is 46.7. The van der Waals surface area contributed by atoms with Crippen LogP contribution in [0, 0.1) is 0 Å². The standard InChI is InChI=1S/C29H37N5O3.C27H37N3O6S.C3H4N2/c1-30-22-11-15-33(16-12-22)26-7-4-6-23-24(26)19-34(29(23)35)25(8-5-14-32-17-13-31-20-32)21-9-10-27(36-2)28(18-21)37-3;1-28-20-12-14-29(15-13-20)24-8-5-7-21-22(24)18-30(27(21)31)23(9-6-16-36-37(4,32)33)19-10-11-25(34-2)26(17-19)35-3;1-2-5-3-4-1/h4,6-7,9-10,13,17-18,20,22,25,30H,5,8,11-12,14-16,19H2,1-3H3;5,7-8,10-11,17,20,23,28H,6,9,12-16,18H2,1-4H3;1-3H,(H,4,5)/t25-;23-;/m11./s1. The van der Waals surface area contributed by atoms with Gasteiger partial charge in [-0.1, -0.05) is 24.3 Å². The van der Waals surface area contributed by atoms with Gasteiger partial charge in [0.2, 0.25) is 0 Å². The lowest BCUT2D eigenvalue weighted by Crippen LogP contribution is -2.41. The maximum Gasteiger partial charge on any atom is 0.264 e. The maximum absolute atomic E-state index is 13.8. The third kappa shape index (κ3) is 14.4. The zero-order valence-corrected chi connectivity index (χ0v) is 47.5. The van der Waals surface area contributed by atoms with E-state index in [1.165, 1.54) is 5.69 Å². The predicted octanol–water partition coefficient (Wildman–Crippen LogP) is 8.02. The number of piperidine rings is 2. The Morgan fingerprint density at radius 2 is 1.14 bits per heavy atom. The molecule has 424 valence electrons. The Balaban J connectivity index is 0.000000191. The highest BCUT2D eigenvalue weighted by molar-refractivity contribution is 7.85. The number of methoxy groups -OCH3 is 4. The number of aromatic nitrogens is 4. The van der Waals surface area contributed by atoms with E-state index in [9.17, 15) is 18.0 Å². The first-order valence-corrected chi connectivity index (χ1v) is 29.1. The van der Waals surface area contributed by atoms with Crippen LogP contribution in [0.4, 0.5) is 11.4 Å². The molecule has 0 spiro atoms. The average Bonchev–Trinajstić information content (AvgIpc) is 4.51. The van der Waals surface area contributed by atoms with Crippen LogP contribution in [-0.4, -0.2) is 143 Å². The number of fused-ring (bicyclic) bond motifs is 2. The van der Waals surface area contributed by atoms with Crippen LogP contribution in [0.25, 0.3) is 0 Å². The first-order valence-electron chi connectivity index (χ1n) is 27.2. The third-order valence-corrected chi connectivity index (χ3v) is 16.1. The molecule has 3 N–H and O–H groups in total. The smallest absolute Gasteiger partial charge is 0.264 e. The quantitative estimate of drug-likeness (QED) is 0.0462. The number of aryl methyl sites for hydroxylation is 1. The number of carbonyl (C=O) groups excluding carboxylic acids is 2. The molecule has 19 nitrogen and oxygen atoms in total. The van der Waals surface area contributed by atoms with Crippen LogP contribution in [0.2, 0.25) is 0 Å². The van der Waals surface area contributed by atoms with Gasteiger partial charge in [0.1, 0.15) is 0 Å². The van der Waals surface area contributed by atoms with Crippen molar-refractivity contribution < 1.29 is 41.1 Å². The van der Waals surface area contributed by atoms with Crippen molar-refractivity contribution in [3.63, 3.8) is 0 Å². The Bertz CT molecular complexity index is 3000. The summed E-state index contributed by atoms with van der Waals surface area (Å²) in [6.07, 6.45) is 18.8.